The van der Waals surface area contributed by atoms with E-state index < -0.39 is 0 Å². The van der Waals surface area contributed by atoms with Crippen LogP contribution in [0.5, 0.6) is 0 Å². The summed E-state index contributed by atoms with van der Waals surface area (Å²) >= 11 is 1.64. The molecule has 19 heavy (non-hydrogen) atoms. The molecule has 1 aromatic carbocycles. The summed E-state index contributed by atoms with van der Waals surface area (Å²) in [5, 5.41) is 2.00. The second-order valence-corrected chi connectivity index (χ2v) is 5.42. The van der Waals surface area contributed by atoms with Crippen LogP contribution in [0.4, 0.5) is 4.39 Å². The highest BCUT2D eigenvalue weighted by molar-refractivity contribution is 7.17. The number of nitrogens with zero attached hydrogens (tertiary/aromatic N) is 1. The van der Waals surface area contributed by atoms with E-state index in [9.17, 15) is 4.39 Å². The lowest BCUT2D eigenvalue weighted by atomic mass is 10.0. The van der Waals surface area contributed by atoms with Crippen molar-refractivity contribution < 1.29 is 4.39 Å². The smallest absolute Gasteiger partial charge is 0.126 e. The first-order chi connectivity index (χ1) is 9.24. The Morgan fingerprint density at radius 2 is 2.11 bits per heavy atom. The van der Waals surface area contributed by atoms with Crippen molar-refractivity contribution in [2.75, 3.05) is 0 Å². The molecule has 3 aromatic rings. The second-order valence-electron chi connectivity index (χ2n) is 4.47. The van der Waals surface area contributed by atoms with Gasteiger partial charge in [0.15, 0.2) is 0 Å². The van der Waals surface area contributed by atoms with Crippen molar-refractivity contribution in [3.05, 3.63) is 64.9 Å². The summed E-state index contributed by atoms with van der Waals surface area (Å²) in [5.74, 6) is -0.205. The largest absolute Gasteiger partial charge is 0.324 e. The SMILES string of the molecule is NC(Cc1ccccc1F)c1cnc2ccsc2c1. The normalized spacial score (nSPS) is 12.7. The Bertz CT molecular complexity index is 708. The van der Waals surface area contributed by atoms with Crippen LogP contribution in [0, 0.1) is 5.82 Å². The molecule has 0 aliphatic carbocycles. The minimum absolute atomic E-state index is 0.205. The number of hydrogen-bond donors (Lipinski definition) is 1. The molecule has 0 fully saturated rings. The maximum atomic E-state index is 13.6. The zero-order valence-electron chi connectivity index (χ0n) is 10.2. The minimum Gasteiger partial charge on any atom is -0.324 e. The molecule has 1 unspecified atom stereocenters. The number of aromatic nitrogens is 1. The molecule has 96 valence electrons. The molecule has 0 spiro atoms. The lowest BCUT2D eigenvalue weighted by Gasteiger charge is -2.12. The van der Waals surface area contributed by atoms with E-state index in [0.29, 0.717) is 12.0 Å². The molecule has 2 N–H and O–H groups in total. The molecule has 0 radical (unpaired) electrons. The van der Waals surface area contributed by atoms with Crippen LogP contribution in [0.25, 0.3) is 10.2 Å². The van der Waals surface area contributed by atoms with Gasteiger partial charge in [-0.1, -0.05) is 18.2 Å². The molecule has 2 heterocycles. The summed E-state index contributed by atoms with van der Waals surface area (Å²) in [4.78, 5) is 4.36. The molecule has 4 heteroatoms. The monoisotopic (exact) mass is 272 g/mol. The number of nitrogens with two attached hydrogens (primary N) is 1. The molecule has 0 saturated heterocycles. The van der Waals surface area contributed by atoms with Crippen LogP contribution in [0.15, 0.2) is 48.0 Å². The van der Waals surface area contributed by atoms with E-state index in [0.717, 1.165) is 15.8 Å². The highest BCUT2D eigenvalue weighted by atomic mass is 32.1. The van der Waals surface area contributed by atoms with E-state index in [2.05, 4.69) is 4.98 Å². The van der Waals surface area contributed by atoms with Gasteiger partial charge < -0.3 is 5.73 Å². The van der Waals surface area contributed by atoms with E-state index in [1.54, 1.807) is 29.7 Å². The second kappa shape index (κ2) is 5.07. The van der Waals surface area contributed by atoms with Gasteiger partial charge >= 0.3 is 0 Å². The Labute approximate surface area is 114 Å². The lowest BCUT2D eigenvalue weighted by molar-refractivity contribution is 0.593. The predicted molar refractivity (Wildman–Crippen MR) is 76.7 cm³/mol. The summed E-state index contributed by atoms with van der Waals surface area (Å²) in [6, 6.07) is 10.5. The molecule has 0 bridgehead atoms. The minimum atomic E-state index is -0.240. The van der Waals surface area contributed by atoms with Gasteiger partial charge in [0.2, 0.25) is 0 Å². The molecular formula is C15H13FN2S. The van der Waals surface area contributed by atoms with Crippen molar-refractivity contribution in [2.45, 2.75) is 12.5 Å². The maximum Gasteiger partial charge on any atom is 0.126 e. The van der Waals surface area contributed by atoms with Crippen molar-refractivity contribution in [1.29, 1.82) is 0 Å². The van der Waals surface area contributed by atoms with Crippen LogP contribution >= 0.6 is 11.3 Å². The van der Waals surface area contributed by atoms with Gasteiger partial charge in [-0.15, -0.1) is 11.3 Å². The molecular weight excluding hydrogens is 259 g/mol. The summed E-state index contributed by atoms with van der Waals surface area (Å²) in [6.45, 7) is 0. The number of halogens is 1. The molecule has 0 aliphatic rings. The molecule has 2 nitrogen and oxygen atoms in total. The quantitative estimate of drug-likeness (QED) is 0.790. The van der Waals surface area contributed by atoms with Crippen LogP contribution < -0.4 is 5.73 Å². The molecule has 0 aliphatic heterocycles. The number of fused-ring (bicyclic) bond motifs is 1. The highest BCUT2D eigenvalue weighted by Crippen LogP contribution is 2.24. The maximum absolute atomic E-state index is 13.6. The number of benzene rings is 1. The zero-order chi connectivity index (χ0) is 13.2. The van der Waals surface area contributed by atoms with Crippen LogP contribution in [0.2, 0.25) is 0 Å². The van der Waals surface area contributed by atoms with Gasteiger partial charge in [-0.3, -0.25) is 4.98 Å². The first kappa shape index (κ1) is 12.3. The van der Waals surface area contributed by atoms with E-state index in [-0.39, 0.29) is 11.9 Å². The summed E-state index contributed by atoms with van der Waals surface area (Å²) in [6.07, 6.45) is 2.26. The third-order valence-corrected chi connectivity index (χ3v) is 4.00. The van der Waals surface area contributed by atoms with Gasteiger partial charge in [0.1, 0.15) is 5.82 Å². The number of pyridine rings is 1. The fourth-order valence-electron chi connectivity index (χ4n) is 2.08. The van der Waals surface area contributed by atoms with E-state index in [1.807, 2.05) is 23.6 Å². The number of hydrogen-bond acceptors (Lipinski definition) is 3. The van der Waals surface area contributed by atoms with Crippen molar-refractivity contribution >= 4 is 21.6 Å². The van der Waals surface area contributed by atoms with Gasteiger partial charge in [0, 0.05) is 12.2 Å². The first-order valence-electron chi connectivity index (χ1n) is 6.06. The summed E-state index contributed by atoms with van der Waals surface area (Å²) in [7, 11) is 0. The van der Waals surface area contributed by atoms with Crippen LogP contribution in [0.1, 0.15) is 17.2 Å². The molecule has 1 atom stereocenters. The standard InChI is InChI=1S/C15H13FN2S/c16-12-4-2-1-3-10(12)7-13(17)11-8-15-14(18-9-11)5-6-19-15/h1-6,8-9,13H,7,17H2. The van der Waals surface area contributed by atoms with E-state index >= 15 is 0 Å². The topological polar surface area (TPSA) is 38.9 Å². The molecule has 3 rings (SSSR count). The van der Waals surface area contributed by atoms with Gasteiger partial charge in [0.25, 0.3) is 0 Å². The van der Waals surface area contributed by atoms with Crippen molar-refractivity contribution in [2.24, 2.45) is 5.73 Å². The zero-order valence-corrected chi connectivity index (χ0v) is 11.0. The Balaban J connectivity index is 1.87. The van der Waals surface area contributed by atoms with Crippen LogP contribution in [0.3, 0.4) is 0 Å². The Kier molecular flexibility index (Phi) is 3.27. The Morgan fingerprint density at radius 1 is 1.26 bits per heavy atom. The average molecular weight is 272 g/mol. The Hall–Kier alpha value is -1.78. The van der Waals surface area contributed by atoms with E-state index in [1.165, 1.54) is 6.07 Å². The van der Waals surface area contributed by atoms with Crippen LogP contribution in [-0.4, -0.2) is 4.98 Å². The van der Waals surface area contributed by atoms with E-state index in [4.69, 9.17) is 5.73 Å². The Morgan fingerprint density at radius 3 is 2.95 bits per heavy atom. The number of thiophene rings is 1. The van der Waals surface area contributed by atoms with Crippen LogP contribution in [-0.2, 0) is 6.42 Å². The van der Waals surface area contributed by atoms with Crippen molar-refractivity contribution in [3.8, 4) is 0 Å². The van der Waals surface area contributed by atoms with Gasteiger partial charge in [-0.25, -0.2) is 4.39 Å². The predicted octanol–water partition coefficient (Wildman–Crippen LogP) is 3.68. The molecule has 2 aromatic heterocycles. The lowest BCUT2D eigenvalue weighted by Crippen LogP contribution is -2.14. The number of rotatable bonds is 3. The third-order valence-electron chi connectivity index (χ3n) is 3.15. The fraction of sp³-hybridized carbons (Fsp3) is 0.133. The van der Waals surface area contributed by atoms with Gasteiger partial charge in [-0.2, -0.15) is 0 Å². The van der Waals surface area contributed by atoms with Gasteiger partial charge in [-0.05, 0) is 41.1 Å². The van der Waals surface area contributed by atoms with Crippen molar-refractivity contribution in [1.82, 2.24) is 4.98 Å². The molecule has 0 amide bonds. The molecule has 0 saturated carbocycles. The third kappa shape index (κ3) is 2.50. The van der Waals surface area contributed by atoms with Gasteiger partial charge in [0.05, 0.1) is 10.2 Å². The summed E-state index contributed by atoms with van der Waals surface area (Å²) < 4.78 is 14.7. The first-order valence-corrected chi connectivity index (χ1v) is 6.94. The summed E-state index contributed by atoms with van der Waals surface area (Å²) in [5.41, 5.74) is 8.72. The fourth-order valence-corrected chi connectivity index (χ4v) is 2.87. The average Bonchev–Trinajstić information content (AvgIpc) is 2.88. The highest BCUT2D eigenvalue weighted by Gasteiger charge is 2.11. The van der Waals surface area contributed by atoms with Crippen molar-refractivity contribution in [3.63, 3.8) is 0 Å².